The van der Waals surface area contributed by atoms with E-state index in [9.17, 15) is 0 Å². The lowest BCUT2D eigenvalue weighted by Gasteiger charge is -2.28. The van der Waals surface area contributed by atoms with Gasteiger partial charge in [0, 0.05) is 23.4 Å². The van der Waals surface area contributed by atoms with Gasteiger partial charge in [-0.1, -0.05) is 88.8 Å². The highest BCUT2D eigenvalue weighted by Crippen LogP contribution is 2.53. The average molecular weight is 580 g/mol. The standard InChI is InChI=1S/C35H28Cl2N2O2/c1-40-31-22-21-24(23-32(31)41-2)33-34(27-17-9-11-19-29(27)36)39(26-15-7-4-8-16-26)35(28-18-10-12-20-30(28)37)38(33)25-13-5-3-6-14-25/h3-23,35H,1-2H3/q+1. The van der Waals surface area contributed by atoms with Gasteiger partial charge in [-0.15, -0.1) is 0 Å². The van der Waals surface area contributed by atoms with Crippen LogP contribution in [0.25, 0.3) is 11.4 Å². The van der Waals surface area contributed by atoms with Crippen molar-refractivity contribution in [2.24, 2.45) is 0 Å². The van der Waals surface area contributed by atoms with Gasteiger partial charge in [0.1, 0.15) is 5.70 Å². The first-order valence-electron chi connectivity index (χ1n) is 13.3. The maximum Gasteiger partial charge on any atom is 0.251 e. The molecule has 0 amide bonds. The van der Waals surface area contributed by atoms with E-state index in [1.807, 2.05) is 84.9 Å². The molecule has 1 aliphatic rings. The Morgan fingerprint density at radius 1 is 0.634 bits per heavy atom. The molecule has 6 heteroatoms. The van der Waals surface area contributed by atoms with E-state index in [2.05, 4.69) is 52.3 Å². The van der Waals surface area contributed by atoms with Crippen LogP contribution in [-0.2, 0) is 0 Å². The van der Waals surface area contributed by atoms with Gasteiger partial charge < -0.3 is 9.47 Å². The Bertz CT molecular complexity index is 1710. The molecule has 0 N–H and O–H groups in total. The smallest absolute Gasteiger partial charge is 0.251 e. The van der Waals surface area contributed by atoms with Crippen molar-refractivity contribution in [3.63, 3.8) is 0 Å². The van der Waals surface area contributed by atoms with E-state index < -0.39 is 0 Å². The highest BCUT2D eigenvalue weighted by molar-refractivity contribution is 6.33. The third-order valence-corrected chi connectivity index (χ3v) is 7.91. The molecule has 1 radical (unpaired) electrons. The molecule has 203 valence electrons. The van der Waals surface area contributed by atoms with Crippen molar-refractivity contribution in [3.05, 3.63) is 154 Å². The number of rotatable bonds is 7. The minimum atomic E-state index is -0.331. The minimum Gasteiger partial charge on any atom is -0.493 e. The van der Waals surface area contributed by atoms with Crippen molar-refractivity contribution in [2.45, 2.75) is 6.17 Å². The Morgan fingerprint density at radius 2 is 1.24 bits per heavy atom. The normalized spacial score (nSPS) is 15.3. The molecule has 0 aromatic heterocycles. The molecular weight excluding hydrogens is 551 g/mol. The van der Waals surface area contributed by atoms with E-state index in [1.165, 1.54) is 0 Å². The number of hydrogen-bond donors (Lipinski definition) is 0. The Hall–Kier alpha value is -4.22. The van der Waals surface area contributed by atoms with Crippen LogP contribution in [0.1, 0.15) is 22.9 Å². The number of para-hydroxylation sites is 2. The molecule has 5 aromatic rings. The number of ether oxygens (including phenoxy) is 2. The van der Waals surface area contributed by atoms with Gasteiger partial charge >= 0.3 is 0 Å². The zero-order valence-electron chi connectivity index (χ0n) is 22.7. The molecule has 1 aliphatic heterocycles. The van der Waals surface area contributed by atoms with E-state index in [4.69, 9.17) is 32.7 Å². The van der Waals surface area contributed by atoms with Crippen LogP contribution >= 0.6 is 23.2 Å². The topological polar surface area (TPSA) is 27.6 Å². The van der Waals surface area contributed by atoms with Crippen LogP contribution < -0.4 is 19.3 Å². The second-order valence-corrected chi connectivity index (χ2v) is 10.4. The van der Waals surface area contributed by atoms with Crippen molar-refractivity contribution in [1.82, 2.24) is 4.90 Å². The Kier molecular flexibility index (Phi) is 7.71. The van der Waals surface area contributed by atoms with Crippen molar-refractivity contribution < 1.29 is 9.47 Å². The van der Waals surface area contributed by atoms with Gasteiger partial charge in [-0.2, -0.15) is 0 Å². The predicted octanol–water partition coefficient (Wildman–Crippen LogP) is 9.53. The summed E-state index contributed by atoms with van der Waals surface area (Å²) in [5, 5.41) is 1.32. The lowest BCUT2D eigenvalue weighted by atomic mass is 10.0. The van der Waals surface area contributed by atoms with Crippen molar-refractivity contribution in [2.75, 3.05) is 19.1 Å². The largest absolute Gasteiger partial charge is 0.493 e. The first-order chi connectivity index (χ1) is 20.1. The van der Waals surface area contributed by atoms with Crippen LogP contribution in [0.3, 0.4) is 0 Å². The fourth-order valence-corrected chi connectivity index (χ4v) is 5.90. The number of nitrogens with zero attached hydrogens (tertiary/aromatic N) is 2. The first kappa shape index (κ1) is 27.0. The van der Waals surface area contributed by atoms with Crippen molar-refractivity contribution >= 4 is 46.0 Å². The molecule has 0 fully saturated rings. The summed E-state index contributed by atoms with van der Waals surface area (Å²) in [6.07, 6.45) is -0.331. The fraction of sp³-hybridized carbons (Fsp3) is 0.0857. The average Bonchev–Trinajstić information content (AvgIpc) is 3.37. The summed E-state index contributed by atoms with van der Waals surface area (Å²) >= 11 is 14.0. The summed E-state index contributed by atoms with van der Waals surface area (Å²) in [5.41, 5.74) is 6.72. The molecular formula is C35H28Cl2N2O2+. The number of methoxy groups -OCH3 is 2. The van der Waals surface area contributed by atoms with Crippen LogP contribution in [0.2, 0.25) is 10.0 Å². The zero-order chi connectivity index (χ0) is 28.3. The van der Waals surface area contributed by atoms with Crippen molar-refractivity contribution in [3.8, 4) is 11.5 Å². The van der Waals surface area contributed by atoms with E-state index in [1.54, 1.807) is 14.2 Å². The maximum absolute atomic E-state index is 6.98. The summed E-state index contributed by atoms with van der Waals surface area (Å²) in [5.74, 6) is 1.29. The Labute approximate surface area is 250 Å². The van der Waals surface area contributed by atoms with Crippen LogP contribution in [0.15, 0.2) is 127 Å². The van der Waals surface area contributed by atoms with Crippen LogP contribution in [0.4, 0.5) is 11.4 Å². The molecule has 4 nitrogen and oxygen atoms in total. The molecule has 6 rings (SSSR count). The Morgan fingerprint density at radius 3 is 1.90 bits per heavy atom. The SMILES string of the molecule is COc1ccc(C2=C(c3ccccc3Cl)[N+](c3ccccc3)C(c3ccccc3Cl)N2c2ccccc2)cc1OC. The van der Waals surface area contributed by atoms with Gasteiger partial charge in [0.25, 0.3) is 6.17 Å². The number of anilines is 2. The summed E-state index contributed by atoms with van der Waals surface area (Å²) in [4.78, 5) is 4.65. The third-order valence-electron chi connectivity index (χ3n) is 7.23. The lowest BCUT2D eigenvalue weighted by Crippen LogP contribution is -2.33. The molecule has 0 saturated carbocycles. The van der Waals surface area contributed by atoms with E-state index in [0.29, 0.717) is 21.5 Å². The molecule has 0 saturated heterocycles. The third kappa shape index (κ3) is 4.95. The molecule has 0 spiro atoms. The molecule has 1 unspecified atom stereocenters. The molecule has 0 bridgehead atoms. The van der Waals surface area contributed by atoms with Gasteiger partial charge in [-0.25, -0.2) is 0 Å². The predicted molar refractivity (Wildman–Crippen MR) is 169 cm³/mol. The maximum atomic E-state index is 6.98. The highest BCUT2D eigenvalue weighted by Gasteiger charge is 2.53. The van der Waals surface area contributed by atoms with Gasteiger partial charge in [-0.3, -0.25) is 4.90 Å². The molecule has 0 aliphatic carbocycles. The quantitative estimate of drug-likeness (QED) is 0.180. The van der Waals surface area contributed by atoms with E-state index in [0.717, 1.165) is 39.5 Å². The second-order valence-electron chi connectivity index (χ2n) is 9.55. The highest BCUT2D eigenvalue weighted by atomic mass is 35.5. The number of halogens is 2. The molecule has 1 heterocycles. The summed E-state index contributed by atoms with van der Waals surface area (Å²) in [6.45, 7) is 0. The monoisotopic (exact) mass is 578 g/mol. The fourth-order valence-electron chi connectivity index (χ4n) is 5.44. The van der Waals surface area contributed by atoms with E-state index in [-0.39, 0.29) is 6.17 Å². The summed E-state index contributed by atoms with van der Waals surface area (Å²) in [6, 6.07) is 42.6. The second kappa shape index (κ2) is 11.7. The van der Waals surface area contributed by atoms with Crippen LogP contribution in [0, 0.1) is 0 Å². The van der Waals surface area contributed by atoms with Gasteiger partial charge in [0.05, 0.1) is 35.4 Å². The van der Waals surface area contributed by atoms with E-state index >= 15 is 0 Å². The minimum absolute atomic E-state index is 0.331. The summed E-state index contributed by atoms with van der Waals surface area (Å²) in [7, 11) is 3.29. The van der Waals surface area contributed by atoms with Gasteiger partial charge in [-0.05, 0) is 54.6 Å². The zero-order valence-corrected chi connectivity index (χ0v) is 24.2. The van der Waals surface area contributed by atoms with Crippen molar-refractivity contribution in [1.29, 1.82) is 0 Å². The summed E-state index contributed by atoms with van der Waals surface area (Å²) < 4.78 is 11.3. The van der Waals surface area contributed by atoms with Crippen LogP contribution in [-0.4, -0.2) is 14.2 Å². The number of hydrogen-bond acceptors (Lipinski definition) is 4. The molecule has 1 atom stereocenters. The molecule has 41 heavy (non-hydrogen) atoms. The first-order valence-corrected chi connectivity index (χ1v) is 14.0. The van der Waals surface area contributed by atoms with Crippen LogP contribution in [0.5, 0.6) is 11.5 Å². The van der Waals surface area contributed by atoms with Gasteiger partial charge in [0.2, 0.25) is 5.70 Å². The number of benzene rings is 5. The Balaban J connectivity index is 1.76. The van der Waals surface area contributed by atoms with Gasteiger partial charge in [0.15, 0.2) is 17.2 Å². The lowest BCUT2D eigenvalue weighted by molar-refractivity contribution is 0.355. The molecule has 5 aromatic carbocycles.